The van der Waals surface area contributed by atoms with Gasteiger partial charge in [0.2, 0.25) is 0 Å². The van der Waals surface area contributed by atoms with Gasteiger partial charge in [-0.05, 0) is 19.1 Å². The van der Waals surface area contributed by atoms with Crippen molar-refractivity contribution in [3.8, 4) is 5.75 Å². The molecule has 1 atom stereocenters. The number of rotatable bonds is 5. The Morgan fingerprint density at radius 3 is 2.95 bits per heavy atom. The lowest BCUT2D eigenvalue weighted by atomic mass is 10.2. The number of para-hydroxylation sites is 1. The maximum Gasteiger partial charge on any atom is 0.140 e. The number of ether oxygens (including phenoxy) is 1. The molecule has 1 saturated heterocycles. The van der Waals surface area contributed by atoms with Gasteiger partial charge in [-0.3, -0.25) is 4.90 Å². The molecule has 0 saturated carbocycles. The number of thiazole rings is 1. The van der Waals surface area contributed by atoms with E-state index in [1.807, 2.05) is 30.3 Å². The van der Waals surface area contributed by atoms with Crippen LogP contribution in [0.5, 0.6) is 5.75 Å². The molecule has 3 rings (SSSR count). The predicted octanol–water partition coefficient (Wildman–Crippen LogP) is 2.94. The monoisotopic (exact) mass is 339 g/mol. The molecule has 0 unspecified atom stereocenters. The number of nitrogens with zero attached hydrogens (tertiary/aromatic N) is 2. The fourth-order valence-electron chi connectivity index (χ4n) is 2.48. The molecule has 4 nitrogen and oxygen atoms in total. The topological polar surface area (TPSA) is 37.4 Å². The van der Waals surface area contributed by atoms with E-state index in [4.69, 9.17) is 4.74 Å². The van der Waals surface area contributed by atoms with Crippen LogP contribution in [0.25, 0.3) is 0 Å². The lowest BCUT2D eigenvalue weighted by Gasteiger charge is -2.33. The molecule has 2 heterocycles. The summed E-state index contributed by atoms with van der Waals surface area (Å²) in [4.78, 5) is 7.16. The molecule has 120 valence electrons. The van der Waals surface area contributed by atoms with Gasteiger partial charge in [0, 0.05) is 37.6 Å². The number of hydrogen-bond acceptors (Lipinski definition) is 5. The van der Waals surface area contributed by atoms with E-state index in [0.717, 1.165) is 42.6 Å². The largest absolute Gasteiger partial charge is 0.486 e. The van der Waals surface area contributed by atoms with E-state index in [9.17, 15) is 0 Å². The summed E-state index contributed by atoms with van der Waals surface area (Å²) in [6, 6.07) is 10.5. The van der Waals surface area contributed by atoms with Crippen molar-refractivity contribution in [2.24, 2.45) is 0 Å². The van der Waals surface area contributed by atoms with Gasteiger partial charge >= 0.3 is 0 Å². The molecule has 1 aromatic heterocycles. The van der Waals surface area contributed by atoms with Crippen molar-refractivity contribution in [3.63, 3.8) is 0 Å². The molecular weight excluding hydrogens is 318 g/mol. The first-order valence-electron chi connectivity index (χ1n) is 7.37. The van der Waals surface area contributed by atoms with Crippen LogP contribution in [0.4, 0.5) is 0 Å². The van der Waals surface area contributed by atoms with Crippen molar-refractivity contribution in [3.05, 3.63) is 46.4 Å². The quantitative estimate of drug-likeness (QED) is 0.908. The van der Waals surface area contributed by atoms with Crippen LogP contribution in [0.3, 0.4) is 0 Å². The second-order valence-electron chi connectivity index (χ2n) is 5.36. The summed E-state index contributed by atoms with van der Waals surface area (Å²) in [6.07, 6.45) is 0. The third-order valence-electron chi connectivity index (χ3n) is 3.71. The zero-order valence-corrected chi connectivity index (χ0v) is 14.3. The summed E-state index contributed by atoms with van der Waals surface area (Å²) < 4.78 is 5.74. The van der Waals surface area contributed by atoms with Crippen LogP contribution in [0.1, 0.15) is 17.6 Å². The summed E-state index contributed by atoms with van der Waals surface area (Å²) in [5.74, 6) is 0.893. The zero-order valence-electron chi connectivity index (χ0n) is 12.7. The molecule has 1 fully saturated rings. The Hall–Kier alpha value is -1.14. The third kappa shape index (κ3) is 4.68. The van der Waals surface area contributed by atoms with Gasteiger partial charge in [0.25, 0.3) is 0 Å². The number of benzene rings is 1. The minimum Gasteiger partial charge on any atom is -0.486 e. The highest BCUT2D eigenvalue weighted by Crippen LogP contribution is 2.17. The summed E-state index contributed by atoms with van der Waals surface area (Å²) >= 11 is 1.68. The van der Waals surface area contributed by atoms with Crippen LogP contribution in [0, 0.1) is 0 Å². The van der Waals surface area contributed by atoms with E-state index in [1.54, 1.807) is 11.3 Å². The maximum atomic E-state index is 5.74. The van der Waals surface area contributed by atoms with E-state index < -0.39 is 0 Å². The standard InChI is InChI=1S/C16H21N3OS.ClH/c1-13-9-17-7-8-19(13)10-14-12-21-16(18-14)11-20-15-5-3-2-4-6-15;/h2-6,12-13,17H,7-11H2,1H3;1H/t13-;/m0./s1. The van der Waals surface area contributed by atoms with Crippen LogP contribution >= 0.6 is 23.7 Å². The van der Waals surface area contributed by atoms with E-state index in [2.05, 4.69) is 27.5 Å². The first-order chi connectivity index (χ1) is 10.3. The molecule has 1 aliphatic rings. The van der Waals surface area contributed by atoms with Gasteiger partial charge in [-0.25, -0.2) is 4.98 Å². The fourth-order valence-corrected chi connectivity index (χ4v) is 3.17. The third-order valence-corrected chi connectivity index (χ3v) is 4.58. The van der Waals surface area contributed by atoms with Gasteiger partial charge in [0.05, 0.1) is 5.69 Å². The van der Waals surface area contributed by atoms with E-state index in [1.165, 1.54) is 0 Å². The van der Waals surface area contributed by atoms with Crippen molar-refractivity contribution in [1.82, 2.24) is 15.2 Å². The summed E-state index contributed by atoms with van der Waals surface area (Å²) in [6.45, 7) is 6.97. The smallest absolute Gasteiger partial charge is 0.140 e. The normalized spacial score (nSPS) is 18.7. The Morgan fingerprint density at radius 2 is 2.18 bits per heavy atom. The molecule has 22 heavy (non-hydrogen) atoms. The van der Waals surface area contributed by atoms with Crippen molar-refractivity contribution >= 4 is 23.7 Å². The van der Waals surface area contributed by atoms with E-state index >= 15 is 0 Å². The van der Waals surface area contributed by atoms with Gasteiger partial charge in [-0.1, -0.05) is 18.2 Å². The number of halogens is 1. The van der Waals surface area contributed by atoms with Crippen molar-refractivity contribution in [2.45, 2.75) is 26.1 Å². The minimum atomic E-state index is 0. The first kappa shape index (κ1) is 17.2. The van der Waals surface area contributed by atoms with E-state index in [-0.39, 0.29) is 12.4 Å². The van der Waals surface area contributed by atoms with Crippen LogP contribution in [-0.4, -0.2) is 35.6 Å². The Balaban J connectivity index is 0.00000176. The second kappa shape index (κ2) is 8.48. The average molecular weight is 340 g/mol. The molecule has 2 aromatic rings. The molecule has 0 bridgehead atoms. The Morgan fingerprint density at radius 1 is 1.36 bits per heavy atom. The van der Waals surface area contributed by atoms with Crippen LogP contribution < -0.4 is 10.1 Å². The van der Waals surface area contributed by atoms with Gasteiger partial charge in [0.1, 0.15) is 17.4 Å². The van der Waals surface area contributed by atoms with Gasteiger partial charge in [0.15, 0.2) is 0 Å². The molecule has 0 spiro atoms. The van der Waals surface area contributed by atoms with Gasteiger partial charge in [-0.2, -0.15) is 0 Å². The molecule has 6 heteroatoms. The molecular formula is C16H22ClN3OS. The van der Waals surface area contributed by atoms with Crippen molar-refractivity contribution in [2.75, 3.05) is 19.6 Å². The summed E-state index contributed by atoms with van der Waals surface area (Å²) in [7, 11) is 0. The van der Waals surface area contributed by atoms with Crippen molar-refractivity contribution < 1.29 is 4.74 Å². The van der Waals surface area contributed by atoms with Gasteiger partial charge in [-0.15, -0.1) is 23.7 Å². The predicted molar refractivity (Wildman–Crippen MR) is 92.9 cm³/mol. The Bertz CT molecular complexity index is 564. The lowest BCUT2D eigenvalue weighted by Crippen LogP contribution is -2.49. The number of aromatic nitrogens is 1. The molecule has 1 N–H and O–H groups in total. The Kier molecular flexibility index (Phi) is 6.64. The first-order valence-corrected chi connectivity index (χ1v) is 8.25. The molecule has 0 amide bonds. The highest BCUT2D eigenvalue weighted by molar-refractivity contribution is 7.09. The van der Waals surface area contributed by atoms with Crippen LogP contribution in [0.15, 0.2) is 35.7 Å². The molecule has 1 aliphatic heterocycles. The Labute approximate surface area is 141 Å². The van der Waals surface area contributed by atoms with Crippen LogP contribution in [0.2, 0.25) is 0 Å². The highest BCUT2D eigenvalue weighted by atomic mass is 35.5. The maximum absolute atomic E-state index is 5.74. The minimum absolute atomic E-state index is 0. The lowest BCUT2D eigenvalue weighted by molar-refractivity contribution is 0.164. The van der Waals surface area contributed by atoms with E-state index in [0.29, 0.717) is 12.6 Å². The number of nitrogens with one attached hydrogen (secondary N) is 1. The average Bonchev–Trinajstić information content (AvgIpc) is 2.96. The second-order valence-corrected chi connectivity index (χ2v) is 6.30. The highest BCUT2D eigenvalue weighted by Gasteiger charge is 2.18. The summed E-state index contributed by atoms with van der Waals surface area (Å²) in [5.41, 5.74) is 1.15. The fraction of sp³-hybridized carbons (Fsp3) is 0.438. The van der Waals surface area contributed by atoms with Crippen LogP contribution in [-0.2, 0) is 13.2 Å². The number of hydrogen-bond donors (Lipinski definition) is 1. The molecule has 1 aromatic carbocycles. The van der Waals surface area contributed by atoms with Gasteiger partial charge < -0.3 is 10.1 Å². The van der Waals surface area contributed by atoms with Crippen molar-refractivity contribution in [1.29, 1.82) is 0 Å². The molecule has 0 aliphatic carbocycles. The SMILES string of the molecule is C[C@H]1CNCCN1Cc1csc(COc2ccccc2)n1.Cl. The zero-order chi connectivity index (χ0) is 14.5. The molecule has 0 radical (unpaired) electrons. The number of piperazine rings is 1. The summed E-state index contributed by atoms with van der Waals surface area (Å²) in [5, 5.41) is 6.60.